The monoisotopic (exact) mass is 503 g/mol. The Balaban J connectivity index is 1.12. The van der Waals surface area contributed by atoms with Crippen LogP contribution in [0.15, 0.2) is 103 Å². The molecule has 192 valence electrons. The Morgan fingerprint density at radius 1 is 0.842 bits per heavy atom. The molecule has 0 unspecified atom stereocenters. The Hall–Kier alpha value is -4.38. The van der Waals surface area contributed by atoms with Crippen molar-refractivity contribution in [1.29, 1.82) is 0 Å². The van der Waals surface area contributed by atoms with E-state index in [1.54, 1.807) is 0 Å². The van der Waals surface area contributed by atoms with Gasteiger partial charge in [-0.25, -0.2) is 4.98 Å². The summed E-state index contributed by atoms with van der Waals surface area (Å²) < 4.78 is 8.21. The molecule has 0 aliphatic rings. The molecular weight excluding hydrogens is 470 g/mol. The second kappa shape index (κ2) is 12.2. The van der Waals surface area contributed by atoms with E-state index >= 15 is 0 Å². The number of benzene rings is 4. The fourth-order valence-electron chi connectivity index (χ4n) is 4.62. The first kappa shape index (κ1) is 25.3. The molecule has 1 amide bonds. The number of ether oxygens (including phenoxy) is 1. The fourth-order valence-corrected chi connectivity index (χ4v) is 4.62. The highest BCUT2D eigenvalue weighted by molar-refractivity contribution is 5.79. The molecule has 1 aromatic heterocycles. The van der Waals surface area contributed by atoms with Gasteiger partial charge >= 0.3 is 0 Å². The minimum Gasteiger partial charge on any atom is -0.492 e. The standard InChI is InChI=1S/C33H33N3O2/c1-25-13-19-29(20-14-25)38-23-22-36-31-11-6-5-10-30(31)35-32(36)12-7-21-34-33(37)24-26-15-17-28(18-16-26)27-8-3-2-4-9-27/h2-6,8-11,13-20H,7,12,21-24H2,1H3,(H,34,37). The average Bonchev–Trinajstić information content (AvgIpc) is 3.30. The molecule has 1 heterocycles. The molecule has 0 radical (unpaired) electrons. The molecule has 1 N–H and O–H groups in total. The number of aryl methyl sites for hydroxylation is 2. The minimum absolute atomic E-state index is 0.0393. The topological polar surface area (TPSA) is 56.1 Å². The third kappa shape index (κ3) is 6.48. The van der Waals surface area contributed by atoms with E-state index in [9.17, 15) is 4.79 Å². The summed E-state index contributed by atoms with van der Waals surface area (Å²) in [6.45, 7) is 3.97. The van der Waals surface area contributed by atoms with Crippen LogP contribution in [0.5, 0.6) is 5.75 Å². The summed E-state index contributed by atoms with van der Waals surface area (Å²) in [5.41, 5.74) is 6.66. The van der Waals surface area contributed by atoms with Crippen molar-refractivity contribution in [2.45, 2.75) is 32.7 Å². The predicted molar refractivity (Wildman–Crippen MR) is 153 cm³/mol. The van der Waals surface area contributed by atoms with Crippen LogP contribution >= 0.6 is 0 Å². The zero-order valence-corrected chi connectivity index (χ0v) is 21.8. The number of hydrogen-bond donors (Lipinski definition) is 1. The Bertz CT molecular complexity index is 1470. The van der Waals surface area contributed by atoms with E-state index in [-0.39, 0.29) is 5.91 Å². The summed E-state index contributed by atoms with van der Waals surface area (Å²) in [6.07, 6.45) is 1.98. The van der Waals surface area contributed by atoms with Gasteiger partial charge in [-0.05, 0) is 54.3 Å². The molecule has 0 saturated carbocycles. The number of nitrogens with zero attached hydrogens (tertiary/aromatic N) is 2. The number of hydrogen-bond acceptors (Lipinski definition) is 3. The van der Waals surface area contributed by atoms with Gasteiger partial charge in [0.2, 0.25) is 5.91 Å². The van der Waals surface area contributed by atoms with Gasteiger partial charge in [0.15, 0.2) is 0 Å². The van der Waals surface area contributed by atoms with Crippen molar-refractivity contribution in [1.82, 2.24) is 14.9 Å². The number of para-hydroxylation sites is 2. The van der Waals surface area contributed by atoms with Gasteiger partial charge < -0.3 is 14.6 Å². The van der Waals surface area contributed by atoms with Gasteiger partial charge in [-0.3, -0.25) is 4.79 Å². The highest BCUT2D eigenvalue weighted by Crippen LogP contribution is 2.20. The van der Waals surface area contributed by atoms with Crippen molar-refractivity contribution in [3.05, 3.63) is 120 Å². The number of aromatic nitrogens is 2. The third-order valence-electron chi connectivity index (χ3n) is 6.66. The molecule has 0 saturated heterocycles. The van der Waals surface area contributed by atoms with E-state index in [1.807, 2.05) is 60.7 Å². The highest BCUT2D eigenvalue weighted by atomic mass is 16.5. The van der Waals surface area contributed by atoms with Gasteiger partial charge in [-0.2, -0.15) is 0 Å². The maximum absolute atomic E-state index is 12.5. The van der Waals surface area contributed by atoms with Crippen LogP contribution in [0.25, 0.3) is 22.2 Å². The molecule has 0 spiro atoms. The lowest BCUT2D eigenvalue weighted by Gasteiger charge is -2.11. The molecule has 38 heavy (non-hydrogen) atoms. The van der Waals surface area contributed by atoms with Crippen molar-refractivity contribution in [3.8, 4) is 16.9 Å². The first-order valence-corrected chi connectivity index (χ1v) is 13.2. The van der Waals surface area contributed by atoms with Gasteiger partial charge in [-0.15, -0.1) is 0 Å². The predicted octanol–water partition coefficient (Wildman–Crippen LogP) is 6.38. The fraction of sp³-hybridized carbons (Fsp3) is 0.212. The molecule has 5 rings (SSSR count). The molecule has 0 fully saturated rings. The lowest BCUT2D eigenvalue weighted by atomic mass is 10.0. The number of carbonyl (C=O) groups excluding carboxylic acids is 1. The second-order valence-electron chi connectivity index (χ2n) is 9.52. The zero-order chi connectivity index (χ0) is 26.2. The molecule has 0 aliphatic heterocycles. The van der Waals surface area contributed by atoms with Crippen LogP contribution in [0.2, 0.25) is 0 Å². The smallest absolute Gasteiger partial charge is 0.224 e. The van der Waals surface area contributed by atoms with Gasteiger partial charge in [0.25, 0.3) is 0 Å². The summed E-state index contributed by atoms with van der Waals surface area (Å²) in [5.74, 6) is 1.93. The van der Waals surface area contributed by atoms with Crippen molar-refractivity contribution >= 4 is 16.9 Å². The summed E-state index contributed by atoms with van der Waals surface area (Å²) in [7, 11) is 0. The maximum Gasteiger partial charge on any atom is 0.224 e. The number of nitrogens with one attached hydrogen (secondary N) is 1. The highest BCUT2D eigenvalue weighted by Gasteiger charge is 2.11. The molecule has 0 aliphatic carbocycles. The normalized spacial score (nSPS) is 11.0. The first-order valence-electron chi connectivity index (χ1n) is 13.2. The van der Waals surface area contributed by atoms with Crippen LogP contribution in [0.3, 0.4) is 0 Å². The second-order valence-corrected chi connectivity index (χ2v) is 9.52. The van der Waals surface area contributed by atoms with Gasteiger partial charge in [0.05, 0.1) is 24.0 Å². The van der Waals surface area contributed by atoms with E-state index in [1.165, 1.54) is 11.1 Å². The molecule has 0 atom stereocenters. The lowest BCUT2D eigenvalue weighted by molar-refractivity contribution is -0.120. The number of imidazole rings is 1. The molecular formula is C33H33N3O2. The molecule has 5 nitrogen and oxygen atoms in total. The summed E-state index contributed by atoms with van der Waals surface area (Å²) >= 11 is 0. The molecule has 4 aromatic carbocycles. The third-order valence-corrected chi connectivity index (χ3v) is 6.66. The van der Waals surface area contributed by atoms with Crippen molar-refractivity contribution in [2.24, 2.45) is 0 Å². The maximum atomic E-state index is 12.5. The Kier molecular flexibility index (Phi) is 8.14. The Morgan fingerprint density at radius 2 is 1.55 bits per heavy atom. The molecule has 5 heteroatoms. The van der Waals surface area contributed by atoms with Crippen LogP contribution < -0.4 is 10.1 Å². The van der Waals surface area contributed by atoms with E-state index in [4.69, 9.17) is 9.72 Å². The van der Waals surface area contributed by atoms with Gasteiger partial charge in [-0.1, -0.05) is 84.4 Å². The van der Waals surface area contributed by atoms with Crippen molar-refractivity contribution < 1.29 is 9.53 Å². The Morgan fingerprint density at radius 3 is 2.34 bits per heavy atom. The van der Waals surface area contributed by atoms with Crippen LogP contribution in [0, 0.1) is 6.92 Å². The van der Waals surface area contributed by atoms with Crippen molar-refractivity contribution in [2.75, 3.05) is 13.2 Å². The van der Waals surface area contributed by atoms with E-state index < -0.39 is 0 Å². The van der Waals surface area contributed by atoms with Gasteiger partial charge in [0.1, 0.15) is 18.2 Å². The van der Waals surface area contributed by atoms with Crippen LogP contribution in [-0.2, 0) is 24.2 Å². The van der Waals surface area contributed by atoms with Crippen LogP contribution in [0.1, 0.15) is 23.4 Å². The zero-order valence-electron chi connectivity index (χ0n) is 21.8. The van der Waals surface area contributed by atoms with Crippen LogP contribution in [0.4, 0.5) is 0 Å². The number of amides is 1. The summed E-state index contributed by atoms with van der Waals surface area (Å²) in [5, 5.41) is 3.07. The quantitative estimate of drug-likeness (QED) is 0.213. The summed E-state index contributed by atoms with van der Waals surface area (Å²) in [6, 6.07) is 34.8. The van der Waals surface area contributed by atoms with E-state index in [0.29, 0.717) is 19.6 Å². The SMILES string of the molecule is Cc1ccc(OCCn2c(CCCNC(=O)Cc3ccc(-c4ccccc4)cc3)nc3ccccc32)cc1. The number of rotatable bonds is 11. The molecule has 5 aromatic rings. The van der Waals surface area contributed by atoms with Crippen molar-refractivity contribution in [3.63, 3.8) is 0 Å². The first-order chi connectivity index (χ1) is 18.7. The summed E-state index contributed by atoms with van der Waals surface area (Å²) in [4.78, 5) is 17.4. The van der Waals surface area contributed by atoms with E-state index in [2.05, 4.69) is 59.3 Å². The number of fused-ring (bicyclic) bond motifs is 1. The minimum atomic E-state index is 0.0393. The Labute approximate surface area is 224 Å². The number of carbonyl (C=O) groups is 1. The molecule has 0 bridgehead atoms. The average molecular weight is 504 g/mol. The van der Waals surface area contributed by atoms with E-state index in [0.717, 1.165) is 53.1 Å². The largest absolute Gasteiger partial charge is 0.492 e. The van der Waals surface area contributed by atoms with Gasteiger partial charge in [0, 0.05) is 13.0 Å². The lowest BCUT2D eigenvalue weighted by Crippen LogP contribution is -2.26. The van der Waals surface area contributed by atoms with Crippen LogP contribution in [-0.4, -0.2) is 28.6 Å².